The lowest BCUT2D eigenvalue weighted by molar-refractivity contribution is -0.128. The summed E-state index contributed by atoms with van der Waals surface area (Å²) in [6.45, 7) is 1.07. The highest BCUT2D eigenvalue weighted by atomic mass is 16.1. The third kappa shape index (κ3) is 3.59. The largest absolute Gasteiger partial charge is 0.299 e. The first-order chi connectivity index (χ1) is 11.8. The molecule has 1 aromatic carbocycles. The summed E-state index contributed by atoms with van der Waals surface area (Å²) in [5, 5.41) is 0. The number of ketones is 1. The zero-order valence-corrected chi connectivity index (χ0v) is 14.8. The summed E-state index contributed by atoms with van der Waals surface area (Å²) in [4.78, 5) is 15.6. The Hall–Kier alpha value is -1.15. The van der Waals surface area contributed by atoms with Gasteiger partial charge >= 0.3 is 0 Å². The molecule has 24 heavy (non-hydrogen) atoms. The van der Waals surface area contributed by atoms with Crippen LogP contribution in [0, 0.1) is 11.8 Å². The maximum absolute atomic E-state index is 12.8. The second kappa shape index (κ2) is 7.39. The Morgan fingerprint density at radius 1 is 0.917 bits per heavy atom. The lowest BCUT2D eigenvalue weighted by Gasteiger charge is -2.48. The Bertz CT molecular complexity index is 534. The molecule has 0 spiro atoms. The van der Waals surface area contributed by atoms with E-state index in [4.69, 9.17) is 0 Å². The highest BCUT2D eigenvalue weighted by Gasteiger charge is 2.40. The van der Waals surface area contributed by atoms with E-state index in [0.29, 0.717) is 29.7 Å². The Morgan fingerprint density at radius 3 is 2.25 bits per heavy atom. The normalized spacial score (nSPS) is 31.2. The fourth-order valence-electron chi connectivity index (χ4n) is 5.46. The van der Waals surface area contributed by atoms with Gasteiger partial charge in [0.15, 0.2) is 0 Å². The van der Waals surface area contributed by atoms with Gasteiger partial charge in [0.2, 0.25) is 0 Å². The summed E-state index contributed by atoms with van der Waals surface area (Å²) < 4.78 is 0. The van der Waals surface area contributed by atoms with Crippen molar-refractivity contribution in [2.45, 2.75) is 82.8 Å². The third-order valence-corrected chi connectivity index (χ3v) is 6.75. The van der Waals surface area contributed by atoms with Crippen molar-refractivity contribution in [3.63, 3.8) is 0 Å². The minimum atomic E-state index is 0.355. The summed E-state index contributed by atoms with van der Waals surface area (Å²) in [7, 11) is 0. The van der Waals surface area contributed by atoms with E-state index in [1.807, 2.05) is 0 Å². The summed E-state index contributed by atoms with van der Waals surface area (Å²) in [6, 6.07) is 12.1. The second-order valence-electron chi connectivity index (χ2n) is 8.39. The van der Waals surface area contributed by atoms with Crippen LogP contribution in [0.3, 0.4) is 0 Å². The predicted octanol–water partition coefficient (Wildman–Crippen LogP) is 4.97. The molecule has 1 aliphatic carbocycles. The predicted molar refractivity (Wildman–Crippen MR) is 97.7 cm³/mol. The third-order valence-electron chi connectivity index (χ3n) is 6.75. The number of piperidine rings is 2. The molecule has 2 heteroatoms. The first-order valence-corrected chi connectivity index (χ1v) is 10.1. The van der Waals surface area contributed by atoms with Gasteiger partial charge < -0.3 is 0 Å². The van der Waals surface area contributed by atoms with Crippen molar-refractivity contribution in [3.05, 3.63) is 35.9 Å². The maximum atomic E-state index is 12.8. The van der Waals surface area contributed by atoms with Crippen molar-refractivity contribution in [1.29, 1.82) is 0 Å². The van der Waals surface area contributed by atoms with E-state index in [2.05, 4.69) is 35.2 Å². The van der Waals surface area contributed by atoms with E-state index in [1.165, 1.54) is 50.5 Å². The van der Waals surface area contributed by atoms with Crippen LogP contribution in [0.2, 0.25) is 0 Å². The highest BCUT2D eigenvalue weighted by molar-refractivity contribution is 5.81. The van der Waals surface area contributed by atoms with Crippen molar-refractivity contribution in [1.82, 2.24) is 4.90 Å². The molecule has 4 rings (SSSR count). The van der Waals surface area contributed by atoms with Crippen LogP contribution < -0.4 is 0 Å². The van der Waals surface area contributed by atoms with Crippen molar-refractivity contribution in [2.24, 2.45) is 11.8 Å². The van der Waals surface area contributed by atoms with Crippen LogP contribution in [0.25, 0.3) is 0 Å². The van der Waals surface area contributed by atoms with E-state index in [1.54, 1.807) is 0 Å². The SMILES string of the molecule is O=C(CC1CCCC1)C1CC2CCCC(C1)N2Cc1ccccc1. The van der Waals surface area contributed by atoms with E-state index < -0.39 is 0 Å². The molecule has 2 nitrogen and oxygen atoms in total. The molecule has 1 saturated carbocycles. The topological polar surface area (TPSA) is 20.3 Å². The molecular formula is C22H31NO. The van der Waals surface area contributed by atoms with Crippen LogP contribution in [0.5, 0.6) is 0 Å². The monoisotopic (exact) mass is 325 g/mol. The Kier molecular flexibility index (Phi) is 5.03. The number of Topliss-reactive ketones (excluding diaryl/α,β-unsaturated/α-hetero) is 1. The summed E-state index contributed by atoms with van der Waals surface area (Å²) in [5.74, 6) is 1.66. The standard InChI is InChI=1S/C22H31NO/c24-22(13-17-7-4-5-8-17)19-14-20-11-6-12-21(15-19)23(20)16-18-9-2-1-3-10-18/h1-3,9-10,17,19-21H,4-8,11-16H2. The van der Waals surface area contributed by atoms with E-state index in [9.17, 15) is 4.79 Å². The maximum Gasteiger partial charge on any atom is 0.136 e. The molecule has 3 fully saturated rings. The number of carbonyl (C=O) groups excluding carboxylic acids is 1. The van der Waals surface area contributed by atoms with Gasteiger partial charge in [0, 0.05) is 31.0 Å². The molecule has 2 saturated heterocycles. The minimum Gasteiger partial charge on any atom is -0.299 e. The fraction of sp³-hybridized carbons (Fsp3) is 0.682. The summed E-state index contributed by atoms with van der Waals surface area (Å²) >= 11 is 0. The van der Waals surface area contributed by atoms with Gasteiger partial charge in [0.1, 0.15) is 5.78 Å². The van der Waals surface area contributed by atoms with Crippen molar-refractivity contribution < 1.29 is 4.79 Å². The molecule has 2 heterocycles. The van der Waals surface area contributed by atoms with Crippen molar-refractivity contribution >= 4 is 5.78 Å². The van der Waals surface area contributed by atoms with Crippen molar-refractivity contribution in [2.75, 3.05) is 0 Å². The van der Waals surface area contributed by atoms with E-state index >= 15 is 0 Å². The van der Waals surface area contributed by atoms with Crippen LogP contribution in [0.1, 0.15) is 69.8 Å². The van der Waals surface area contributed by atoms with E-state index in [0.717, 1.165) is 25.8 Å². The average molecular weight is 325 g/mol. The van der Waals surface area contributed by atoms with Crippen LogP contribution in [-0.4, -0.2) is 22.8 Å². The average Bonchev–Trinajstić information content (AvgIpc) is 3.08. The number of hydrogen-bond acceptors (Lipinski definition) is 2. The zero-order valence-electron chi connectivity index (χ0n) is 14.8. The van der Waals surface area contributed by atoms with Gasteiger partial charge in [-0.05, 0) is 37.2 Å². The number of hydrogen-bond donors (Lipinski definition) is 0. The molecule has 0 amide bonds. The molecule has 1 aromatic rings. The van der Waals surface area contributed by atoms with Gasteiger partial charge in [-0.25, -0.2) is 0 Å². The molecule has 2 unspecified atom stereocenters. The van der Waals surface area contributed by atoms with Crippen LogP contribution in [0.4, 0.5) is 0 Å². The van der Waals surface area contributed by atoms with Crippen molar-refractivity contribution in [3.8, 4) is 0 Å². The summed E-state index contributed by atoms with van der Waals surface area (Å²) in [6.07, 6.45) is 12.3. The summed E-state index contributed by atoms with van der Waals surface area (Å²) in [5.41, 5.74) is 1.42. The lowest BCUT2D eigenvalue weighted by atomic mass is 9.75. The second-order valence-corrected chi connectivity index (χ2v) is 8.39. The van der Waals surface area contributed by atoms with Gasteiger partial charge in [0.25, 0.3) is 0 Å². The molecule has 2 atom stereocenters. The Balaban J connectivity index is 1.39. The molecule has 0 aromatic heterocycles. The van der Waals surface area contributed by atoms with E-state index in [-0.39, 0.29) is 0 Å². The van der Waals surface area contributed by atoms with Gasteiger partial charge in [-0.2, -0.15) is 0 Å². The number of nitrogens with zero attached hydrogens (tertiary/aromatic N) is 1. The minimum absolute atomic E-state index is 0.355. The van der Waals surface area contributed by atoms with Crippen LogP contribution in [0.15, 0.2) is 30.3 Å². The smallest absolute Gasteiger partial charge is 0.136 e. The number of rotatable bonds is 5. The van der Waals surface area contributed by atoms with Gasteiger partial charge in [0.05, 0.1) is 0 Å². The molecule has 130 valence electrons. The first-order valence-electron chi connectivity index (χ1n) is 10.1. The van der Waals surface area contributed by atoms with Crippen LogP contribution in [-0.2, 0) is 11.3 Å². The Labute approximate surface area is 146 Å². The van der Waals surface area contributed by atoms with Gasteiger partial charge in [-0.15, -0.1) is 0 Å². The molecule has 0 N–H and O–H groups in total. The number of benzene rings is 1. The number of fused-ring (bicyclic) bond motifs is 2. The van der Waals surface area contributed by atoms with Gasteiger partial charge in [-0.3, -0.25) is 9.69 Å². The highest BCUT2D eigenvalue weighted by Crippen LogP contribution is 2.39. The molecular weight excluding hydrogens is 294 g/mol. The molecule has 0 radical (unpaired) electrons. The van der Waals surface area contributed by atoms with Gasteiger partial charge in [-0.1, -0.05) is 62.4 Å². The van der Waals surface area contributed by atoms with Crippen LogP contribution >= 0.6 is 0 Å². The molecule has 3 aliphatic rings. The quantitative estimate of drug-likeness (QED) is 0.762. The molecule has 2 bridgehead atoms. The lowest BCUT2D eigenvalue weighted by Crippen LogP contribution is -2.52. The number of carbonyl (C=O) groups is 1. The Morgan fingerprint density at radius 2 is 1.58 bits per heavy atom. The first kappa shape index (κ1) is 16.3. The zero-order chi connectivity index (χ0) is 16.4. The fourth-order valence-corrected chi connectivity index (χ4v) is 5.46. The molecule has 2 aliphatic heterocycles.